The zero-order valence-electron chi connectivity index (χ0n) is 20.8. The molecule has 3 aliphatic rings. The van der Waals surface area contributed by atoms with Gasteiger partial charge in [0.1, 0.15) is 11.5 Å². The van der Waals surface area contributed by atoms with E-state index in [2.05, 4.69) is 17.4 Å². The minimum Gasteiger partial charge on any atom is -0.457 e. The highest BCUT2D eigenvalue weighted by Crippen LogP contribution is 2.37. The van der Waals surface area contributed by atoms with Crippen molar-refractivity contribution in [3.63, 3.8) is 0 Å². The summed E-state index contributed by atoms with van der Waals surface area (Å²) in [6.45, 7) is 3.19. The van der Waals surface area contributed by atoms with Gasteiger partial charge in [0.2, 0.25) is 17.7 Å². The van der Waals surface area contributed by atoms with Gasteiger partial charge >= 0.3 is 0 Å². The maximum Gasteiger partial charge on any atom is 0.226 e. The Hall–Kier alpha value is -3.35. The van der Waals surface area contributed by atoms with Crippen LogP contribution in [0.15, 0.2) is 48.5 Å². The fourth-order valence-corrected chi connectivity index (χ4v) is 5.71. The summed E-state index contributed by atoms with van der Waals surface area (Å²) >= 11 is 0. The molecule has 1 spiro atoms. The maximum atomic E-state index is 13.6. The van der Waals surface area contributed by atoms with Crippen LogP contribution in [0, 0.1) is 5.41 Å². The summed E-state index contributed by atoms with van der Waals surface area (Å²) in [6, 6.07) is 16.0. The molecule has 190 valence electrons. The van der Waals surface area contributed by atoms with E-state index in [4.69, 9.17) is 4.74 Å². The van der Waals surface area contributed by atoms with Gasteiger partial charge in [-0.1, -0.05) is 24.3 Å². The van der Waals surface area contributed by atoms with Crippen molar-refractivity contribution >= 4 is 17.7 Å². The highest BCUT2D eigenvalue weighted by molar-refractivity contribution is 5.84. The second-order valence-corrected chi connectivity index (χ2v) is 10.3. The fourth-order valence-electron chi connectivity index (χ4n) is 5.71. The van der Waals surface area contributed by atoms with E-state index in [1.807, 2.05) is 46.2 Å². The third kappa shape index (κ3) is 5.55. The molecular formula is C29H35N3O4. The summed E-state index contributed by atoms with van der Waals surface area (Å²) in [5.41, 5.74) is 1.63. The fraction of sp³-hybridized carbons (Fsp3) is 0.483. The molecule has 0 radical (unpaired) electrons. The Kier molecular flexibility index (Phi) is 7.25. The van der Waals surface area contributed by atoms with Crippen LogP contribution in [0.25, 0.3) is 0 Å². The zero-order chi connectivity index (χ0) is 25.0. The highest BCUT2D eigenvalue weighted by atomic mass is 16.5. The summed E-state index contributed by atoms with van der Waals surface area (Å²) in [5.74, 6) is 1.96. The number of rotatable bonds is 4. The van der Waals surface area contributed by atoms with Crippen molar-refractivity contribution in [2.75, 3.05) is 32.7 Å². The minimum atomic E-state index is -0.552. The first-order valence-electron chi connectivity index (χ1n) is 13.2. The van der Waals surface area contributed by atoms with Crippen molar-refractivity contribution < 1.29 is 19.1 Å². The second-order valence-electron chi connectivity index (χ2n) is 10.3. The number of nitrogens with one attached hydrogen (secondary N) is 1. The molecule has 1 N–H and O–H groups in total. The monoisotopic (exact) mass is 489 g/mol. The Morgan fingerprint density at radius 3 is 2.39 bits per heavy atom. The maximum absolute atomic E-state index is 13.6. The van der Waals surface area contributed by atoms with E-state index in [1.165, 1.54) is 0 Å². The lowest BCUT2D eigenvalue weighted by molar-refractivity contribution is -0.140. The molecule has 36 heavy (non-hydrogen) atoms. The summed E-state index contributed by atoms with van der Waals surface area (Å²) in [5, 5.41) is 3.19. The van der Waals surface area contributed by atoms with Crippen molar-refractivity contribution in [1.29, 1.82) is 0 Å². The van der Waals surface area contributed by atoms with Crippen LogP contribution in [0.5, 0.6) is 11.5 Å². The van der Waals surface area contributed by atoms with Crippen LogP contribution >= 0.6 is 0 Å². The molecule has 0 aromatic heterocycles. The van der Waals surface area contributed by atoms with Crippen LogP contribution in [0.1, 0.15) is 49.7 Å². The first kappa shape index (κ1) is 24.3. The Balaban J connectivity index is 1.25. The number of carbonyl (C=O) groups is 3. The van der Waals surface area contributed by atoms with Gasteiger partial charge in [0.25, 0.3) is 0 Å². The first-order chi connectivity index (χ1) is 17.5. The number of hydrogen-bond donors (Lipinski definition) is 1. The Morgan fingerprint density at radius 2 is 1.67 bits per heavy atom. The number of nitrogens with zero attached hydrogens (tertiary/aromatic N) is 2. The van der Waals surface area contributed by atoms with E-state index in [9.17, 15) is 14.4 Å². The molecule has 0 unspecified atom stereocenters. The second kappa shape index (κ2) is 10.7. The molecule has 0 atom stereocenters. The van der Waals surface area contributed by atoms with E-state index in [0.717, 1.165) is 42.0 Å². The number of ether oxygens (including phenoxy) is 1. The lowest BCUT2D eigenvalue weighted by Gasteiger charge is -2.41. The average Bonchev–Trinajstić information content (AvgIpc) is 3.29. The van der Waals surface area contributed by atoms with Crippen LogP contribution in [0.4, 0.5) is 0 Å². The van der Waals surface area contributed by atoms with E-state index in [-0.39, 0.29) is 17.7 Å². The topological polar surface area (TPSA) is 79.0 Å². The Morgan fingerprint density at radius 1 is 0.944 bits per heavy atom. The Labute approximate surface area is 212 Å². The third-order valence-electron chi connectivity index (χ3n) is 7.82. The number of amides is 3. The van der Waals surface area contributed by atoms with Crippen molar-refractivity contribution in [3.05, 3.63) is 59.7 Å². The quantitative estimate of drug-likeness (QED) is 0.710. The number of benzene rings is 2. The molecule has 2 aromatic rings. The van der Waals surface area contributed by atoms with Gasteiger partial charge in [-0.2, -0.15) is 0 Å². The highest BCUT2D eigenvalue weighted by Gasteiger charge is 2.42. The molecule has 2 saturated heterocycles. The van der Waals surface area contributed by atoms with Gasteiger partial charge in [-0.25, -0.2) is 0 Å². The van der Waals surface area contributed by atoms with Crippen LogP contribution in [0.3, 0.4) is 0 Å². The van der Waals surface area contributed by atoms with Crippen LogP contribution in [-0.2, 0) is 27.2 Å². The van der Waals surface area contributed by atoms with Crippen molar-refractivity contribution in [2.24, 2.45) is 5.41 Å². The zero-order valence-corrected chi connectivity index (χ0v) is 20.8. The van der Waals surface area contributed by atoms with Gasteiger partial charge in [-0.3, -0.25) is 14.4 Å². The molecule has 2 fully saturated rings. The predicted octanol–water partition coefficient (Wildman–Crippen LogP) is 3.71. The number of likely N-dealkylation sites (tertiary alicyclic amines) is 2. The predicted molar refractivity (Wildman–Crippen MR) is 137 cm³/mol. The lowest BCUT2D eigenvalue weighted by atomic mass is 9.72. The molecule has 7 heteroatoms. The van der Waals surface area contributed by atoms with Crippen molar-refractivity contribution in [2.45, 2.75) is 51.4 Å². The summed E-state index contributed by atoms with van der Waals surface area (Å²) < 4.78 is 6.12. The normalized spacial score (nSPS) is 19.7. The van der Waals surface area contributed by atoms with E-state index >= 15 is 0 Å². The number of piperidine rings is 1. The standard InChI is InChI=1S/C29H35N3O4/c33-26-9-3-15-31(26)16-4-10-27(34)32-17-12-29(13-18-32)21-23-6-2-8-25(20-23)36-24-7-1-5-22(19-24)11-14-30-28(29)35/h1-2,5-8,19-20H,3-4,9-18,21H2,(H,30,35). The Bertz CT molecular complexity index is 1120. The lowest BCUT2D eigenvalue weighted by Crippen LogP contribution is -2.51. The van der Waals surface area contributed by atoms with Gasteiger partial charge < -0.3 is 19.9 Å². The number of carbonyl (C=O) groups excluding carboxylic acids is 3. The molecule has 2 aromatic carbocycles. The smallest absolute Gasteiger partial charge is 0.226 e. The molecule has 4 bridgehead atoms. The molecule has 0 saturated carbocycles. The number of hydrogen-bond acceptors (Lipinski definition) is 4. The van der Waals surface area contributed by atoms with Gasteiger partial charge in [0.15, 0.2) is 0 Å². The molecule has 7 nitrogen and oxygen atoms in total. The largest absolute Gasteiger partial charge is 0.457 e. The molecule has 3 aliphatic heterocycles. The van der Waals surface area contributed by atoms with Crippen molar-refractivity contribution in [1.82, 2.24) is 15.1 Å². The average molecular weight is 490 g/mol. The van der Waals surface area contributed by atoms with E-state index in [1.54, 1.807) is 0 Å². The summed E-state index contributed by atoms with van der Waals surface area (Å²) in [6.07, 6.45) is 5.31. The van der Waals surface area contributed by atoms with Gasteiger partial charge in [0.05, 0.1) is 5.41 Å². The van der Waals surface area contributed by atoms with Crippen LogP contribution < -0.4 is 10.1 Å². The van der Waals surface area contributed by atoms with Crippen LogP contribution in [0.2, 0.25) is 0 Å². The molecule has 5 rings (SSSR count). The van der Waals surface area contributed by atoms with Crippen molar-refractivity contribution in [3.8, 4) is 11.5 Å². The summed E-state index contributed by atoms with van der Waals surface area (Å²) in [4.78, 5) is 42.0. The van der Waals surface area contributed by atoms with Gasteiger partial charge in [-0.15, -0.1) is 0 Å². The van der Waals surface area contributed by atoms with Gasteiger partial charge in [-0.05, 0) is 73.9 Å². The van der Waals surface area contributed by atoms with Crippen LogP contribution in [-0.4, -0.2) is 60.2 Å². The first-order valence-corrected chi connectivity index (χ1v) is 13.2. The SMILES string of the molecule is O=C1CCCN1CCCC(=O)N1CCC2(CC1)Cc1cccc(c1)Oc1cccc(c1)CCNC2=O. The van der Waals surface area contributed by atoms with E-state index < -0.39 is 5.41 Å². The molecule has 3 heterocycles. The molecule has 3 amide bonds. The molecular weight excluding hydrogens is 454 g/mol. The number of fused-ring (bicyclic) bond motifs is 4. The van der Waals surface area contributed by atoms with E-state index in [0.29, 0.717) is 64.7 Å². The third-order valence-corrected chi connectivity index (χ3v) is 7.82. The minimum absolute atomic E-state index is 0.0730. The summed E-state index contributed by atoms with van der Waals surface area (Å²) in [7, 11) is 0. The van der Waals surface area contributed by atoms with Gasteiger partial charge in [0, 0.05) is 45.6 Å². The molecule has 0 aliphatic carbocycles.